The summed E-state index contributed by atoms with van der Waals surface area (Å²) in [4.78, 5) is 0. The van der Waals surface area contributed by atoms with Gasteiger partial charge in [0.2, 0.25) is 0 Å². The summed E-state index contributed by atoms with van der Waals surface area (Å²) >= 11 is 0. The molecular formula is C17H26. The van der Waals surface area contributed by atoms with E-state index in [1.807, 2.05) is 6.08 Å². The van der Waals surface area contributed by atoms with E-state index in [1.54, 1.807) is 0 Å². The van der Waals surface area contributed by atoms with Gasteiger partial charge in [-0.3, -0.25) is 0 Å². The Bertz CT molecular complexity index is 304. The minimum absolute atomic E-state index is 0.535. The number of rotatable bonds is 3. The lowest BCUT2D eigenvalue weighted by molar-refractivity contribution is 0.252. The minimum Gasteiger partial charge on any atom is -0.120 e. The molecule has 0 aromatic rings. The number of terminal acetylenes is 1. The molecule has 0 spiro atoms. The van der Waals surface area contributed by atoms with Crippen molar-refractivity contribution < 1.29 is 0 Å². The maximum absolute atomic E-state index is 5.66. The molecule has 0 bridgehead atoms. The van der Waals surface area contributed by atoms with Crippen LogP contribution in [-0.4, -0.2) is 0 Å². The highest BCUT2D eigenvalue weighted by Gasteiger charge is 2.62. The van der Waals surface area contributed by atoms with E-state index >= 15 is 0 Å². The van der Waals surface area contributed by atoms with Crippen molar-refractivity contribution in [2.45, 2.75) is 39.5 Å². The van der Waals surface area contributed by atoms with Gasteiger partial charge in [0, 0.05) is 5.92 Å². The van der Waals surface area contributed by atoms with E-state index in [4.69, 9.17) is 6.42 Å². The van der Waals surface area contributed by atoms with Gasteiger partial charge >= 0.3 is 0 Å². The summed E-state index contributed by atoms with van der Waals surface area (Å²) in [5.41, 5.74) is 0.567. The summed E-state index contributed by atoms with van der Waals surface area (Å²) in [5.74, 6) is 6.18. The first-order valence-corrected chi connectivity index (χ1v) is 6.70. The molecule has 0 aliphatic heterocycles. The third-order valence-corrected chi connectivity index (χ3v) is 4.82. The summed E-state index contributed by atoms with van der Waals surface area (Å²) in [6.45, 7) is 14.7. The van der Waals surface area contributed by atoms with Gasteiger partial charge in [-0.2, -0.15) is 0 Å². The van der Waals surface area contributed by atoms with Gasteiger partial charge < -0.3 is 0 Å². The molecule has 0 heteroatoms. The van der Waals surface area contributed by atoms with Crippen LogP contribution in [0.15, 0.2) is 25.8 Å². The highest BCUT2D eigenvalue weighted by molar-refractivity contribution is 5.15. The monoisotopic (exact) mass is 230 g/mol. The predicted octanol–water partition coefficient (Wildman–Crippen LogP) is 4.69. The molecule has 4 atom stereocenters. The zero-order chi connectivity index (χ0) is 13.1. The first-order valence-electron chi connectivity index (χ1n) is 6.70. The van der Waals surface area contributed by atoms with Crippen LogP contribution in [0.1, 0.15) is 39.5 Å². The van der Waals surface area contributed by atoms with Crippen LogP contribution in [0.2, 0.25) is 0 Å². The first kappa shape index (κ1) is 14.1. The van der Waals surface area contributed by atoms with Crippen LogP contribution in [0.5, 0.6) is 0 Å². The molecule has 2 aliphatic carbocycles. The predicted molar refractivity (Wildman–Crippen MR) is 76.5 cm³/mol. The van der Waals surface area contributed by atoms with Crippen molar-refractivity contribution in [3.05, 3.63) is 25.8 Å². The standard InChI is InChI=1S/C15H22.C2H4/c1-5-7-8-12-11(6-2)9-10-13-14(12)15(13,3)4;1-2/h2,5,11-14H,1,7-10H2,3-4H3;1-2H2. The van der Waals surface area contributed by atoms with Gasteiger partial charge in [-0.05, 0) is 48.9 Å². The Morgan fingerprint density at radius 3 is 2.53 bits per heavy atom. The van der Waals surface area contributed by atoms with Crippen LogP contribution in [0.4, 0.5) is 0 Å². The van der Waals surface area contributed by atoms with E-state index in [1.165, 1.54) is 19.3 Å². The van der Waals surface area contributed by atoms with E-state index < -0.39 is 0 Å². The van der Waals surface area contributed by atoms with Crippen molar-refractivity contribution in [3.63, 3.8) is 0 Å². The van der Waals surface area contributed by atoms with Crippen molar-refractivity contribution in [3.8, 4) is 12.3 Å². The van der Waals surface area contributed by atoms with Crippen LogP contribution < -0.4 is 0 Å². The van der Waals surface area contributed by atoms with Crippen molar-refractivity contribution in [1.29, 1.82) is 0 Å². The molecule has 2 rings (SSSR count). The lowest BCUT2D eigenvalue weighted by Gasteiger charge is -2.27. The molecule has 0 aromatic heterocycles. The van der Waals surface area contributed by atoms with Gasteiger partial charge in [-0.25, -0.2) is 0 Å². The third-order valence-electron chi connectivity index (χ3n) is 4.82. The topological polar surface area (TPSA) is 0 Å². The largest absolute Gasteiger partial charge is 0.120 e. The van der Waals surface area contributed by atoms with Gasteiger partial charge in [0.05, 0.1) is 0 Å². The summed E-state index contributed by atoms with van der Waals surface area (Å²) in [6, 6.07) is 0. The van der Waals surface area contributed by atoms with Gasteiger partial charge in [-0.15, -0.1) is 32.1 Å². The van der Waals surface area contributed by atoms with Gasteiger partial charge in [-0.1, -0.05) is 19.9 Å². The zero-order valence-electron chi connectivity index (χ0n) is 11.4. The fourth-order valence-electron chi connectivity index (χ4n) is 3.91. The van der Waals surface area contributed by atoms with Crippen molar-refractivity contribution in [2.75, 3.05) is 0 Å². The molecule has 0 saturated heterocycles. The van der Waals surface area contributed by atoms with E-state index in [-0.39, 0.29) is 0 Å². The van der Waals surface area contributed by atoms with E-state index in [0.717, 1.165) is 24.2 Å². The molecule has 2 fully saturated rings. The van der Waals surface area contributed by atoms with Gasteiger partial charge in [0.25, 0.3) is 0 Å². The average molecular weight is 230 g/mol. The molecule has 0 aromatic carbocycles. The van der Waals surface area contributed by atoms with E-state index in [2.05, 4.69) is 39.5 Å². The highest BCUT2D eigenvalue weighted by Crippen LogP contribution is 2.68. The molecule has 17 heavy (non-hydrogen) atoms. The molecule has 0 amide bonds. The molecule has 4 unspecified atom stereocenters. The fraction of sp³-hybridized carbons (Fsp3) is 0.647. The van der Waals surface area contributed by atoms with E-state index in [9.17, 15) is 0 Å². The summed E-state index contributed by atoms with van der Waals surface area (Å²) in [6.07, 6.45) is 12.7. The molecule has 0 radical (unpaired) electrons. The fourth-order valence-corrected chi connectivity index (χ4v) is 3.91. The normalized spacial score (nSPS) is 36.8. The Labute approximate surface area is 107 Å². The smallest absolute Gasteiger partial charge is 0.0231 e. The SMILES string of the molecule is C#CC1CCC2C(C1CCC=C)C2(C)C.C=C. The number of hydrogen-bond donors (Lipinski definition) is 0. The van der Waals surface area contributed by atoms with Crippen LogP contribution >= 0.6 is 0 Å². The van der Waals surface area contributed by atoms with Crippen LogP contribution in [-0.2, 0) is 0 Å². The second-order valence-electron chi connectivity index (χ2n) is 5.83. The summed E-state index contributed by atoms with van der Waals surface area (Å²) in [5, 5.41) is 0. The zero-order valence-corrected chi connectivity index (χ0v) is 11.4. The van der Waals surface area contributed by atoms with Crippen molar-refractivity contribution in [1.82, 2.24) is 0 Å². The number of hydrogen-bond acceptors (Lipinski definition) is 0. The van der Waals surface area contributed by atoms with Crippen LogP contribution in [0.25, 0.3) is 0 Å². The number of fused-ring (bicyclic) bond motifs is 1. The molecule has 0 heterocycles. The molecular weight excluding hydrogens is 204 g/mol. The Balaban J connectivity index is 0.000000686. The van der Waals surface area contributed by atoms with Crippen molar-refractivity contribution in [2.24, 2.45) is 29.1 Å². The maximum atomic E-state index is 5.66. The van der Waals surface area contributed by atoms with Crippen LogP contribution in [0.3, 0.4) is 0 Å². The van der Waals surface area contributed by atoms with E-state index in [0.29, 0.717) is 11.3 Å². The molecule has 2 aliphatic rings. The Morgan fingerprint density at radius 1 is 1.35 bits per heavy atom. The summed E-state index contributed by atoms with van der Waals surface area (Å²) in [7, 11) is 0. The van der Waals surface area contributed by atoms with Crippen molar-refractivity contribution >= 4 is 0 Å². The quantitative estimate of drug-likeness (QED) is 0.487. The van der Waals surface area contributed by atoms with Crippen LogP contribution in [0, 0.1) is 41.4 Å². The average Bonchev–Trinajstić information content (AvgIpc) is 2.92. The molecule has 2 saturated carbocycles. The third kappa shape index (κ3) is 2.49. The lowest BCUT2D eigenvalue weighted by Crippen LogP contribution is -2.21. The Hall–Kier alpha value is -0.960. The second kappa shape index (κ2) is 5.58. The molecule has 0 nitrogen and oxygen atoms in total. The minimum atomic E-state index is 0.535. The second-order valence-corrected chi connectivity index (χ2v) is 5.83. The number of allylic oxidation sites excluding steroid dienone is 1. The first-order chi connectivity index (χ1) is 8.12. The van der Waals surface area contributed by atoms with Gasteiger partial charge in [0.15, 0.2) is 0 Å². The summed E-state index contributed by atoms with van der Waals surface area (Å²) < 4.78 is 0. The molecule has 0 N–H and O–H groups in total. The highest BCUT2D eigenvalue weighted by atomic mass is 14.7. The Morgan fingerprint density at radius 2 is 2.00 bits per heavy atom. The van der Waals surface area contributed by atoms with Gasteiger partial charge in [0.1, 0.15) is 0 Å². The molecule has 94 valence electrons. The Kier molecular flexibility index (Phi) is 4.63. The lowest BCUT2D eigenvalue weighted by atomic mass is 9.77. The maximum Gasteiger partial charge on any atom is 0.0231 e.